The van der Waals surface area contributed by atoms with Crippen molar-refractivity contribution in [3.8, 4) is 0 Å². The summed E-state index contributed by atoms with van der Waals surface area (Å²) in [6, 6.07) is 0. The molecule has 0 aliphatic heterocycles. The maximum absolute atomic E-state index is 8.77. The molecule has 0 aromatic rings. The van der Waals surface area contributed by atoms with Crippen LogP contribution in [0.4, 0.5) is 0 Å². The number of halogens is 1. The predicted molar refractivity (Wildman–Crippen MR) is 132 cm³/mol. The molecular formula is C24H48BrO2P. The van der Waals surface area contributed by atoms with Gasteiger partial charge in [-0.3, -0.25) is 0 Å². The van der Waals surface area contributed by atoms with Crippen LogP contribution in [0.25, 0.3) is 0 Å². The summed E-state index contributed by atoms with van der Waals surface area (Å²) in [5, 5.41) is 17.5. The zero-order valence-electron chi connectivity index (χ0n) is 18.6. The van der Waals surface area contributed by atoms with E-state index in [1.54, 1.807) is 0 Å². The zero-order chi connectivity index (χ0) is 20.7. The molecule has 0 aliphatic rings. The summed E-state index contributed by atoms with van der Waals surface area (Å²) in [5.41, 5.74) is 0. The van der Waals surface area contributed by atoms with Crippen LogP contribution in [0.5, 0.6) is 0 Å². The van der Waals surface area contributed by atoms with Crippen LogP contribution in [-0.4, -0.2) is 28.8 Å². The molecular weight excluding hydrogens is 431 g/mol. The summed E-state index contributed by atoms with van der Waals surface area (Å²) in [5.74, 6) is 0. The molecule has 0 radical (unpaired) electrons. The van der Waals surface area contributed by atoms with E-state index in [-0.39, 0.29) is 6.62 Å². The fraction of sp³-hybridized carbons (Fsp3) is 0.917. The lowest BCUT2D eigenvalue weighted by Gasteiger charge is -2.07. The third kappa shape index (κ3) is 24.6. The second-order valence-corrected chi connectivity index (χ2v) is 13.0. The summed E-state index contributed by atoms with van der Waals surface area (Å²) in [6.07, 6.45) is 29.3. The van der Waals surface area contributed by atoms with Crippen molar-refractivity contribution in [3.05, 3.63) is 12.2 Å². The summed E-state index contributed by atoms with van der Waals surface area (Å²) in [7, 11) is 0. The molecule has 0 fully saturated rings. The number of allylic oxidation sites excluding steroid dienone is 2. The monoisotopic (exact) mass is 478 g/mol. The minimum Gasteiger partial charge on any atom is -0.368 e. The molecule has 0 aromatic heterocycles. The molecule has 0 rings (SSSR count). The molecule has 2 N–H and O–H groups in total. The number of aliphatic hydroxyl groups excluding tert-OH is 1. The number of rotatable bonds is 22. The van der Waals surface area contributed by atoms with E-state index in [1.807, 2.05) is 0 Å². The lowest BCUT2D eigenvalue weighted by atomic mass is 10.1. The van der Waals surface area contributed by atoms with E-state index in [1.165, 1.54) is 109 Å². The molecule has 2 nitrogen and oxygen atoms in total. The summed E-state index contributed by atoms with van der Waals surface area (Å²) >= 11 is 3.84. The van der Waals surface area contributed by atoms with Gasteiger partial charge in [0.25, 0.3) is 0 Å². The Hall–Kier alpha value is 0.570. The first-order valence-corrected chi connectivity index (χ1v) is 15.8. The summed E-state index contributed by atoms with van der Waals surface area (Å²) in [6.45, 7) is 2.44. The fourth-order valence-corrected chi connectivity index (χ4v) is 6.58. The van der Waals surface area contributed by atoms with Gasteiger partial charge in [0.15, 0.2) is 6.29 Å². The first-order valence-electron chi connectivity index (χ1n) is 12.1. The molecule has 168 valence electrons. The highest BCUT2D eigenvalue weighted by Crippen LogP contribution is 2.45. The quantitative estimate of drug-likeness (QED) is 0.0706. The van der Waals surface area contributed by atoms with Gasteiger partial charge >= 0.3 is 0 Å². The van der Waals surface area contributed by atoms with Gasteiger partial charge in [-0.15, -0.1) is 0 Å². The average Bonchev–Trinajstić information content (AvgIpc) is 2.66. The van der Waals surface area contributed by atoms with E-state index in [9.17, 15) is 0 Å². The van der Waals surface area contributed by atoms with E-state index in [2.05, 4.69) is 34.6 Å². The van der Waals surface area contributed by atoms with Gasteiger partial charge in [-0.05, 0) is 63.9 Å². The first kappa shape index (κ1) is 28.6. The minimum atomic E-state index is -1.11. The third-order valence-electron chi connectivity index (χ3n) is 5.24. The Morgan fingerprint density at radius 3 is 1.54 bits per heavy atom. The van der Waals surface area contributed by atoms with Crippen LogP contribution < -0.4 is 0 Å². The highest BCUT2D eigenvalue weighted by Gasteiger charge is 2.01. The lowest BCUT2D eigenvalue weighted by molar-refractivity contribution is -0.0466. The highest BCUT2D eigenvalue weighted by molar-refractivity contribution is 9.39. The first-order chi connectivity index (χ1) is 13.7. The highest BCUT2D eigenvalue weighted by atomic mass is 79.9. The van der Waals surface area contributed by atoms with Crippen LogP contribution in [-0.2, 0) is 0 Å². The molecule has 0 saturated heterocycles. The van der Waals surface area contributed by atoms with Gasteiger partial charge in [0.2, 0.25) is 0 Å². The van der Waals surface area contributed by atoms with Crippen LogP contribution in [0.3, 0.4) is 0 Å². The van der Waals surface area contributed by atoms with E-state index in [0.717, 1.165) is 12.8 Å². The minimum absolute atomic E-state index is 0.160. The van der Waals surface area contributed by atoms with Crippen molar-refractivity contribution in [1.82, 2.24) is 0 Å². The molecule has 0 spiro atoms. The molecule has 0 amide bonds. The van der Waals surface area contributed by atoms with Gasteiger partial charge in [0.1, 0.15) is 0 Å². The predicted octanol–water partition coefficient (Wildman–Crippen LogP) is 8.69. The standard InChI is InChI=1S/C24H48BrO2P/c1-2-22-28(25)23-20-18-16-14-12-10-8-6-4-3-5-7-9-11-13-15-17-19-21-24(26)27/h4,6,24,26-27H,2-3,5,7-23H2,1H3/b6-4-. The van der Waals surface area contributed by atoms with Crippen molar-refractivity contribution in [2.45, 2.75) is 129 Å². The third-order valence-corrected chi connectivity index (χ3v) is 9.10. The van der Waals surface area contributed by atoms with Crippen molar-refractivity contribution in [2.75, 3.05) is 12.3 Å². The van der Waals surface area contributed by atoms with Crippen LogP contribution >= 0.6 is 22.1 Å². The van der Waals surface area contributed by atoms with Gasteiger partial charge < -0.3 is 10.2 Å². The maximum atomic E-state index is 8.77. The van der Waals surface area contributed by atoms with E-state index >= 15 is 0 Å². The fourth-order valence-electron chi connectivity index (χ4n) is 3.49. The van der Waals surface area contributed by atoms with Crippen molar-refractivity contribution >= 4 is 22.1 Å². The zero-order valence-corrected chi connectivity index (χ0v) is 21.1. The van der Waals surface area contributed by atoms with E-state index in [4.69, 9.17) is 10.2 Å². The number of aliphatic hydroxyl groups is 2. The molecule has 4 heteroatoms. The summed E-state index contributed by atoms with van der Waals surface area (Å²) < 4.78 is 0. The second-order valence-electron chi connectivity index (χ2n) is 8.18. The molecule has 0 aromatic carbocycles. The Bertz CT molecular complexity index is 324. The normalized spacial score (nSPS) is 13.0. The Morgan fingerprint density at radius 2 is 1.07 bits per heavy atom. The molecule has 0 saturated carbocycles. The number of hydrogen-bond acceptors (Lipinski definition) is 2. The Balaban J connectivity index is 3.13. The topological polar surface area (TPSA) is 40.5 Å². The lowest BCUT2D eigenvalue weighted by Crippen LogP contribution is -2.02. The second kappa shape index (κ2) is 23.8. The number of hydrogen-bond donors (Lipinski definition) is 2. The molecule has 28 heavy (non-hydrogen) atoms. The van der Waals surface area contributed by atoms with Crippen LogP contribution in [0.15, 0.2) is 12.2 Å². The SMILES string of the molecule is CCCP(Br)CCCCCCCC/C=C\CCCCCCCCCCC(O)O. The van der Waals surface area contributed by atoms with Crippen LogP contribution in [0.1, 0.15) is 122 Å². The van der Waals surface area contributed by atoms with Gasteiger partial charge in [-0.1, -0.05) is 105 Å². The van der Waals surface area contributed by atoms with Gasteiger partial charge in [-0.25, -0.2) is 0 Å². The Kier molecular flexibility index (Phi) is 24.3. The molecule has 0 heterocycles. The maximum Gasteiger partial charge on any atom is 0.151 e. The van der Waals surface area contributed by atoms with Crippen molar-refractivity contribution in [1.29, 1.82) is 0 Å². The smallest absolute Gasteiger partial charge is 0.151 e. The van der Waals surface area contributed by atoms with Crippen molar-refractivity contribution in [3.63, 3.8) is 0 Å². The van der Waals surface area contributed by atoms with E-state index in [0.29, 0.717) is 6.42 Å². The average molecular weight is 480 g/mol. The van der Waals surface area contributed by atoms with Gasteiger partial charge in [0.05, 0.1) is 0 Å². The van der Waals surface area contributed by atoms with E-state index < -0.39 is 6.29 Å². The van der Waals surface area contributed by atoms with Gasteiger partial charge in [-0.2, -0.15) is 0 Å². The summed E-state index contributed by atoms with van der Waals surface area (Å²) in [4.78, 5) is 0. The molecule has 1 atom stereocenters. The Morgan fingerprint density at radius 1 is 0.643 bits per heavy atom. The van der Waals surface area contributed by atoms with Crippen molar-refractivity contribution < 1.29 is 10.2 Å². The van der Waals surface area contributed by atoms with Crippen LogP contribution in [0.2, 0.25) is 0 Å². The Labute approximate surface area is 185 Å². The number of unbranched alkanes of at least 4 members (excludes halogenated alkanes) is 14. The molecule has 0 bridgehead atoms. The molecule has 0 aliphatic carbocycles. The van der Waals surface area contributed by atoms with Crippen molar-refractivity contribution in [2.24, 2.45) is 0 Å². The van der Waals surface area contributed by atoms with Crippen LogP contribution in [0, 0.1) is 0 Å². The molecule has 1 unspecified atom stereocenters. The van der Waals surface area contributed by atoms with Gasteiger partial charge in [0, 0.05) is 0 Å². The largest absolute Gasteiger partial charge is 0.368 e.